The van der Waals surface area contributed by atoms with E-state index in [1.54, 1.807) is 7.11 Å². The summed E-state index contributed by atoms with van der Waals surface area (Å²) in [5, 5.41) is 5.28. The Balaban J connectivity index is 1.78. The molecular weight excluding hydrogens is 266 g/mol. The van der Waals surface area contributed by atoms with Gasteiger partial charge in [0.15, 0.2) is 0 Å². The summed E-state index contributed by atoms with van der Waals surface area (Å²) in [5.74, 6) is 0.984. The third-order valence-electron chi connectivity index (χ3n) is 4.57. The van der Waals surface area contributed by atoms with Crippen LogP contribution in [0.2, 0.25) is 0 Å². The molecule has 0 amide bonds. The van der Waals surface area contributed by atoms with E-state index in [0.29, 0.717) is 11.3 Å². The largest absolute Gasteiger partial charge is 0.497 e. The molecule has 110 valence electrons. The van der Waals surface area contributed by atoms with Crippen LogP contribution >= 0.6 is 11.8 Å². The fraction of sp³-hybridized carbons (Fsp3) is 0.647. The molecule has 0 aliphatic heterocycles. The monoisotopic (exact) mass is 291 g/mol. The fourth-order valence-electron chi connectivity index (χ4n) is 3.57. The van der Waals surface area contributed by atoms with Gasteiger partial charge in [0, 0.05) is 16.5 Å². The van der Waals surface area contributed by atoms with E-state index in [1.165, 1.54) is 43.2 Å². The average molecular weight is 291 g/mol. The van der Waals surface area contributed by atoms with Crippen molar-refractivity contribution in [2.24, 2.45) is 0 Å². The second-order valence-corrected chi connectivity index (χ2v) is 7.43. The highest BCUT2D eigenvalue weighted by Gasteiger charge is 2.34. The van der Waals surface area contributed by atoms with Gasteiger partial charge in [-0.05, 0) is 49.1 Å². The van der Waals surface area contributed by atoms with Gasteiger partial charge in [0.2, 0.25) is 0 Å². The van der Waals surface area contributed by atoms with Crippen molar-refractivity contribution in [3.8, 4) is 5.75 Å². The summed E-state index contributed by atoms with van der Waals surface area (Å²) in [4.78, 5) is 0. The van der Waals surface area contributed by atoms with Gasteiger partial charge >= 0.3 is 0 Å². The zero-order valence-electron chi connectivity index (χ0n) is 12.5. The maximum Gasteiger partial charge on any atom is 0.119 e. The zero-order chi connectivity index (χ0) is 13.9. The van der Waals surface area contributed by atoms with E-state index in [1.807, 2.05) is 0 Å². The number of fused-ring (bicyclic) bond motifs is 1. The highest BCUT2D eigenvalue weighted by molar-refractivity contribution is 8.00. The number of rotatable bonds is 5. The van der Waals surface area contributed by atoms with Gasteiger partial charge in [-0.25, -0.2) is 0 Å². The van der Waals surface area contributed by atoms with Crippen LogP contribution in [0.15, 0.2) is 18.2 Å². The normalized spacial score (nSPS) is 25.9. The van der Waals surface area contributed by atoms with Crippen molar-refractivity contribution in [3.63, 3.8) is 0 Å². The first-order chi connectivity index (χ1) is 9.81. The highest BCUT2D eigenvalue weighted by atomic mass is 32.2. The van der Waals surface area contributed by atoms with E-state index >= 15 is 0 Å². The molecule has 20 heavy (non-hydrogen) atoms. The molecule has 1 N–H and O–H groups in total. The Morgan fingerprint density at radius 2 is 2.10 bits per heavy atom. The molecular formula is C17H25NOS. The van der Waals surface area contributed by atoms with Crippen LogP contribution in [-0.4, -0.2) is 24.2 Å². The van der Waals surface area contributed by atoms with Crippen molar-refractivity contribution in [2.75, 3.05) is 13.7 Å². The molecule has 2 nitrogen and oxygen atoms in total. The van der Waals surface area contributed by atoms with E-state index in [2.05, 4.69) is 42.2 Å². The van der Waals surface area contributed by atoms with Crippen LogP contribution in [0.5, 0.6) is 5.75 Å². The second kappa shape index (κ2) is 6.40. The highest BCUT2D eigenvalue weighted by Crippen LogP contribution is 2.44. The van der Waals surface area contributed by atoms with Crippen LogP contribution in [0.1, 0.15) is 49.8 Å². The molecule has 1 saturated carbocycles. The number of thioether (sulfide) groups is 1. The summed E-state index contributed by atoms with van der Waals surface area (Å²) in [7, 11) is 1.75. The number of nitrogens with one attached hydrogen (secondary N) is 1. The van der Waals surface area contributed by atoms with E-state index in [4.69, 9.17) is 4.74 Å². The van der Waals surface area contributed by atoms with E-state index < -0.39 is 0 Å². The molecule has 2 atom stereocenters. The van der Waals surface area contributed by atoms with Crippen molar-refractivity contribution in [1.82, 2.24) is 5.32 Å². The molecule has 1 fully saturated rings. The minimum Gasteiger partial charge on any atom is -0.497 e. The SMILES string of the molecule is CCNC1c2cc(OC)ccc2CC1SC1CCCC1. The number of hydrogen-bond donors (Lipinski definition) is 1. The zero-order valence-corrected chi connectivity index (χ0v) is 13.3. The minimum atomic E-state index is 0.496. The lowest BCUT2D eigenvalue weighted by Crippen LogP contribution is -2.28. The molecule has 0 radical (unpaired) electrons. The molecule has 0 heterocycles. The van der Waals surface area contributed by atoms with Crippen molar-refractivity contribution < 1.29 is 4.74 Å². The maximum atomic E-state index is 5.40. The summed E-state index contributed by atoms with van der Waals surface area (Å²) in [6, 6.07) is 7.09. The molecule has 2 aliphatic carbocycles. The van der Waals surface area contributed by atoms with Gasteiger partial charge in [0.25, 0.3) is 0 Å². The van der Waals surface area contributed by atoms with Crippen LogP contribution in [0, 0.1) is 0 Å². The van der Waals surface area contributed by atoms with Crippen molar-refractivity contribution in [3.05, 3.63) is 29.3 Å². The summed E-state index contributed by atoms with van der Waals surface area (Å²) >= 11 is 2.23. The number of methoxy groups -OCH3 is 1. The van der Waals surface area contributed by atoms with Gasteiger partial charge in [-0.15, -0.1) is 0 Å². The first-order valence-corrected chi connectivity index (χ1v) is 8.81. The maximum absolute atomic E-state index is 5.40. The Labute approximate surface area is 126 Å². The van der Waals surface area contributed by atoms with Gasteiger partial charge in [0.05, 0.1) is 7.11 Å². The number of benzene rings is 1. The van der Waals surface area contributed by atoms with Crippen LogP contribution in [0.25, 0.3) is 0 Å². The van der Waals surface area contributed by atoms with Crippen molar-refractivity contribution in [1.29, 1.82) is 0 Å². The molecule has 0 bridgehead atoms. The van der Waals surface area contributed by atoms with Crippen molar-refractivity contribution >= 4 is 11.8 Å². The Morgan fingerprint density at radius 3 is 2.80 bits per heavy atom. The van der Waals surface area contributed by atoms with Crippen LogP contribution in [0.3, 0.4) is 0 Å². The van der Waals surface area contributed by atoms with Crippen LogP contribution < -0.4 is 10.1 Å². The molecule has 0 aromatic heterocycles. The summed E-state index contributed by atoms with van der Waals surface area (Å²) in [6.45, 7) is 3.23. The third kappa shape index (κ3) is 2.84. The molecule has 1 aromatic carbocycles. The lowest BCUT2D eigenvalue weighted by Gasteiger charge is -2.23. The Kier molecular flexibility index (Phi) is 4.57. The summed E-state index contributed by atoms with van der Waals surface area (Å²) in [5.41, 5.74) is 2.97. The van der Waals surface area contributed by atoms with Gasteiger partial charge in [0.1, 0.15) is 5.75 Å². The topological polar surface area (TPSA) is 21.3 Å². The first-order valence-electron chi connectivity index (χ1n) is 7.87. The minimum absolute atomic E-state index is 0.496. The smallest absolute Gasteiger partial charge is 0.119 e. The van der Waals surface area contributed by atoms with E-state index in [0.717, 1.165) is 17.5 Å². The van der Waals surface area contributed by atoms with Gasteiger partial charge in [-0.2, -0.15) is 11.8 Å². The molecule has 3 rings (SSSR count). The molecule has 0 saturated heterocycles. The molecule has 0 spiro atoms. The molecule has 3 heteroatoms. The van der Waals surface area contributed by atoms with Crippen molar-refractivity contribution in [2.45, 2.75) is 55.6 Å². The molecule has 2 unspecified atom stereocenters. The Bertz CT molecular complexity index is 456. The van der Waals surface area contributed by atoms with E-state index in [-0.39, 0.29) is 0 Å². The molecule has 2 aliphatic rings. The predicted octanol–water partition coefficient (Wildman–Crippen LogP) is 3.95. The lowest BCUT2D eigenvalue weighted by molar-refractivity contribution is 0.413. The van der Waals surface area contributed by atoms with Crippen LogP contribution in [-0.2, 0) is 6.42 Å². The standard InChI is InChI=1S/C17H25NOS/c1-3-18-17-15-11-13(19-2)9-8-12(15)10-16(17)20-14-6-4-5-7-14/h8-9,11,14,16-18H,3-7,10H2,1-2H3. The lowest BCUT2D eigenvalue weighted by atomic mass is 10.1. The Morgan fingerprint density at radius 1 is 1.30 bits per heavy atom. The second-order valence-electron chi connectivity index (χ2n) is 5.89. The van der Waals surface area contributed by atoms with Gasteiger partial charge in [-0.3, -0.25) is 0 Å². The first kappa shape index (κ1) is 14.3. The van der Waals surface area contributed by atoms with Crippen LogP contribution in [0.4, 0.5) is 0 Å². The van der Waals surface area contributed by atoms with Gasteiger partial charge < -0.3 is 10.1 Å². The summed E-state index contributed by atoms with van der Waals surface area (Å²) in [6.07, 6.45) is 6.89. The number of hydrogen-bond acceptors (Lipinski definition) is 3. The van der Waals surface area contributed by atoms with E-state index in [9.17, 15) is 0 Å². The van der Waals surface area contributed by atoms with Gasteiger partial charge in [-0.1, -0.05) is 25.8 Å². The molecule has 1 aromatic rings. The predicted molar refractivity (Wildman–Crippen MR) is 86.8 cm³/mol. The third-order valence-corrected chi connectivity index (χ3v) is 6.22. The quantitative estimate of drug-likeness (QED) is 0.887. The fourth-order valence-corrected chi connectivity index (χ4v) is 5.35. The number of ether oxygens (including phenoxy) is 1. The summed E-state index contributed by atoms with van der Waals surface area (Å²) < 4.78 is 5.40. The average Bonchev–Trinajstić information content (AvgIpc) is 3.08. The Hall–Kier alpha value is -0.670.